The van der Waals surface area contributed by atoms with Gasteiger partial charge in [-0.05, 0) is 44.7 Å². The Kier molecular flexibility index (Phi) is 5.13. The van der Waals surface area contributed by atoms with E-state index < -0.39 is 0 Å². The zero-order valence-electron chi connectivity index (χ0n) is 13.6. The fraction of sp³-hybridized carbons (Fsp3) is 0.765. The lowest BCUT2D eigenvalue weighted by molar-refractivity contribution is -0.133. The van der Waals surface area contributed by atoms with Crippen molar-refractivity contribution in [2.45, 2.75) is 51.5 Å². The molecule has 2 aliphatic heterocycles. The summed E-state index contributed by atoms with van der Waals surface area (Å²) in [5, 5.41) is 3.38. The first-order chi connectivity index (χ1) is 10.8. The number of nitrogens with one attached hydrogen (secondary N) is 1. The van der Waals surface area contributed by atoms with Crippen LogP contribution in [0.4, 0.5) is 0 Å². The highest BCUT2D eigenvalue weighted by Crippen LogP contribution is 2.24. The summed E-state index contributed by atoms with van der Waals surface area (Å²) in [5.74, 6) is 2.18. The van der Waals surface area contributed by atoms with Crippen LogP contribution in [0.5, 0.6) is 0 Å². The molecule has 2 atom stereocenters. The molecule has 2 unspecified atom stereocenters. The Labute approximate surface area is 133 Å². The highest BCUT2D eigenvalue weighted by Gasteiger charge is 2.26. The van der Waals surface area contributed by atoms with E-state index >= 15 is 0 Å². The Bertz CT molecular complexity index is 493. The number of nitrogens with zero attached hydrogens (tertiary/aromatic N) is 3. The van der Waals surface area contributed by atoms with Crippen LogP contribution in [0.3, 0.4) is 0 Å². The minimum Gasteiger partial charge on any atom is -0.341 e. The average molecular weight is 304 g/mol. The molecule has 1 aromatic rings. The molecule has 0 saturated carbocycles. The molecule has 2 saturated heterocycles. The molecule has 1 amide bonds. The molecule has 2 aliphatic rings. The van der Waals surface area contributed by atoms with Gasteiger partial charge in [0.15, 0.2) is 0 Å². The van der Waals surface area contributed by atoms with E-state index in [1.165, 1.54) is 6.42 Å². The number of aromatic nitrogens is 2. The van der Waals surface area contributed by atoms with Crippen LogP contribution in [0.2, 0.25) is 0 Å². The van der Waals surface area contributed by atoms with Gasteiger partial charge >= 0.3 is 0 Å². The number of imidazole rings is 1. The van der Waals surface area contributed by atoms with Gasteiger partial charge < -0.3 is 14.8 Å². The number of aryl methyl sites for hydroxylation is 1. The van der Waals surface area contributed by atoms with Crippen molar-refractivity contribution in [2.75, 3.05) is 26.2 Å². The summed E-state index contributed by atoms with van der Waals surface area (Å²) in [6.45, 7) is 6.12. The fourth-order valence-electron chi connectivity index (χ4n) is 3.81. The van der Waals surface area contributed by atoms with Gasteiger partial charge in [0.25, 0.3) is 0 Å². The molecule has 0 spiro atoms. The molecule has 3 heterocycles. The van der Waals surface area contributed by atoms with Crippen LogP contribution in [0.1, 0.15) is 50.9 Å². The number of carbonyl (C=O) groups excluding carboxylic acids is 1. The molecule has 122 valence electrons. The molecule has 22 heavy (non-hydrogen) atoms. The van der Waals surface area contributed by atoms with Crippen LogP contribution in [0, 0.1) is 5.92 Å². The van der Waals surface area contributed by atoms with E-state index in [1.807, 2.05) is 6.20 Å². The Morgan fingerprint density at radius 3 is 3.14 bits per heavy atom. The second-order valence-electron chi connectivity index (χ2n) is 6.64. The second-order valence-corrected chi connectivity index (χ2v) is 6.64. The van der Waals surface area contributed by atoms with E-state index in [4.69, 9.17) is 0 Å². The molecule has 2 fully saturated rings. The van der Waals surface area contributed by atoms with Crippen LogP contribution in [-0.2, 0) is 11.2 Å². The number of amides is 1. The Hall–Kier alpha value is -1.36. The van der Waals surface area contributed by atoms with Crippen LogP contribution >= 0.6 is 0 Å². The number of rotatable bonds is 5. The largest absolute Gasteiger partial charge is 0.341 e. The normalized spacial score (nSPS) is 25.6. The van der Waals surface area contributed by atoms with Crippen molar-refractivity contribution in [1.29, 1.82) is 0 Å². The first kappa shape index (κ1) is 15.5. The molecule has 3 rings (SSSR count). The second kappa shape index (κ2) is 7.27. The van der Waals surface area contributed by atoms with E-state index in [9.17, 15) is 4.79 Å². The Balaban J connectivity index is 1.54. The lowest BCUT2D eigenvalue weighted by Crippen LogP contribution is -2.41. The molecule has 1 N–H and O–H groups in total. The molecule has 0 aliphatic carbocycles. The lowest BCUT2D eigenvalue weighted by Gasteiger charge is -2.34. The van der Waals surface area contributed by atoms with E-state index in [0.29, 0.717) is 24.3 Å². The highest BCUT2D eigenvalue weighted by atomic mass is 16.2. The zero-order valence-corrected chi connectivity index (χ0v) is 13.6. The topological polar surface area (TPSA) is 50.2 Å². The summed E-state index contributed by atoms with van der Waals surface area (Å²) in [6, 6.07) is 0.406. The van der Waals surface area contributed by atoms with Crippen molar-refractivity contribution in [3.63, 3.8) is 0 Å². The van der Waals surface area contributed by atoms with E-state index in [0.717, 1.165) is 57.7 Å². The standard InChI is InChI=1S/C17H28N4O/c1-2-16-19-9-11-21(16)15-4-3-10-20(13-15)17(22)6-5-14-7-8-18-12-14/h9,11,14-15,18H,2-8,10,12-13H2,1H3. The Morgan fingerprint density at radius 2 is 2.36 bits per heavy atom. The van der Waals surface area contributed by atoms with Gasteiger partial charge in [-0.3, -0.25) is 4.79 Å². The Morgan fingerprint density at radius 1 is 1.45 bits per heavy atom. The minimum absolute atomic E-state index is 0.342. The summed E-state index contributed by atoms with van der Waals surface area (Å²) in [5.41, 5.74) is 0. The van der Waals surface area contributed by atoms with Crippen LogP contribution < -0.4 is 5.32 Å². The van der Waals surface area contributed by atoms with Gasteiger partial charge in [-0.25, -0.2) is 4.98 Å². The summed E-state index contributed by atoms with van der Waals surface area (Å²) in [6.07, 6.45) is 10.1. The number of piperidine rings is 1. The predicted octanol–water partition coefficient (Wildman–Crippen LogP) is 2.00. The molecule has 5 nitrogen and oxygen atoms in total. The monoisotopic (exact) mass is 304 g/mol. The predicted molar refractivity (Wildman–Crippen MR) is 86.7 cm³/mol. The van der Waals surface area contributed by atoms with Crippen molar-refractivity contribution < 1.29 is 4.79 Å². The van der Waals surface area contributed by atoms with Gasteiger partial charge in [-0.2, -0.15) is 0 Å². The molecule has 1 aromatic heterocycles. The third-order valence-electron chi connectivity index (χ3n) is 5.14. The molecular formula is C17H28N4O. The van der Waals surface area contributed by atoms with Gasteiger partial charge in [-0.15, -0.1) is 0 Å². The van der Waals surface area contributed by atoms with Crippen LogP contribution in [0.25, 0.3) is 0 Å². The summed E-state index contributed by atoms with van der Waals surface area (Å²) < 4.78 is 2.28. The van der Waals surface area contributed by atoms with E-state index in [1.54, 1.807) is 0 Å². The number of carbonyl (C=O) groups is 1. The van der Waals surface area contributed by atoms with Gasteiger partial charge in [0.2, 0.25) is 5.91 Å². The maximum Gasteiger partial charge on any atom is 0.222 e. The van der Waals surface area contributed by atoms with Gasteiger partial charge in [-0.1, -0.05) is 6.92 Å². The number of hydrogen-bond donors (Lipinski definition) is 1. The zero-order chi connectivity index (χ0) is 15.4. The maximum absolute atomic E-state index is 12.5. The van der Waals surface area contributed by atoms with Crippen molar-refractivity contribution >= 4 is 5.91 Å². The lowest BCUT2D eigenvalue weighted by atomic mass is 10.0. The molecule has 5 heteroatoms. The van der Waals surface area contributed by atoms with Crippen LogP contribution in [-0.4, -0.2) is 46.5 Å². The van der Waals surface area contributed by atoms with Crippen molar-refractivity contribution in [1.82, 2.24) is 19.8 Å². The van der Waals surface area contributed by atoms with Crippen molar-refractivity contribution in [3.05, 3.63) is 18.2 Å². The quantitative estimate of drug-likeness (QED) is 0.905. The van der Waals surface area contributed by atoms with E-state index in [2.05, 4.69) is 32.9 Å². The first-order valence-corrected chi connectivity index (χ1v) is 8.78. The highest BCUT2D eigenvalue weighted by molar-refractivity contribution is 5.76. The number of hydrogen-bond acceptors (Lipinski definition) is 3. The summed E-state index contributed by atoms with van der Waals surface area (Å²) >= 11 is 0. The fourth-order valence-corrected chi connectivity index (χ4v) is 3.81. The SMILES string of the molecule is CCc1nccn1C1CCCN(C(=O)CCC2CCNC2)C1. The van der Waals surface area contributed by atoms with E-state index in [-0.39, 0.29) is 0 Å². The van der Waals surface area contributed by atoms with Crippen molar-refractivity contribution in [3.8, 4) is 0 Å². The molecular weight excluding hydrogens is 276 g/mol. The number of likely N-dealkylation sites (tertiary alicyclic amines) is 1. The first-order valence-electron chi connectivity index (χ1n) is 8.78. The molecule has 0 aromatic carbocycles. The van der Waals surface area contributed by atoms with Crippen LogP contribution in [0.15, 0.2) is 12.4 Å². The van der Waals surface area contributed by atoms with Gasteiger partial charge in [0, 0.05) is 38.3 Å². The van der Waals surface area contributed by atoms with Gasteiger partial charge in [0.1, 0.15) is 5.82 Å². The smallest absolute Gasteiger partial charge is 0.222 e. The van der Waals surface area contributed by atoms with Gasteiger partial charge in [0.05, 0.1) is 6.04 Å². The maximum atomic E-state index is 12.5. The average Bonchev–Trinajstić information content (AvgIpc) is 3.23. The summed E-state index contributed by atoms with van der Waals surface area (Å²) in [4.78, 5) is 19.0. The third-order valence-corrected chi connectivity index (χ3v) is 5.14. The summed E-state index contributed by atoms with van der Waals surface area (Å²) in [7, 11) is 0. The molecule has 0 radical (unpaired) electrons. The third kappa shape index (κ3) is 3.51. The minimum atomic E-state index is 0.342. The molecule has 0 bridgehead atoms. The van der Waals surface area contributed by atoms with Crippen molar-refractivity contribution in [2.24, 2.45) is 5.92 Å².